The smallest absolute Gasteiger partial charge is 0.122 e. The lowest BCUT2D eigenvalue weighted by atomic mass is 10.1. The van der Waals surface area contributed by atoms with Crippen LogP contribution in [0.25, 0.3) is 5.69 Å². The van der Waals surface area contributed by atoms with E-state index in [1.54, 1.807) is 0 Å². The van der Waals surface area contributed by atoms with Gasteiger partial charge in [-0.05, 0) is 38.1 Å². The van der Waals surface area contributed by atoms with Gasteiger partial charge in [0.05, 0.1) is 30.6 Å². The number of aromatic nitrogens is 2. The molecular weight excluding hydrogens is 352 g/mol. The van der Waals surface area contributed by atoms with E-state index >= 15 is 0 Å². The summed E-state index contributed by atoms with van der Waals surface area (Å²) in [6.07, 6.45) is 2.11. The van der Waals surface area contributed by atoms with Crippen LogP contribution in [0, 0.1) is 13.8 Å². The first-order valence-corrected chi connectivity index (χ1v) is 9.90. The lowest BCUT2D eigenvalue weighted by Crippen LogP contribution is -2.42. The van der Waals surface area contributed by atoms with E-state index in [4.69, 9.17) is 9.15 Å². The van der Waals surface area contributed by atoms with E-state index in [0.717, 1.165) is 62.3 Å². The van der Waals surface area contributed by atoms with Crippen molar-refractivity contribution in [2.24, 2.45) is 0 Å². The van der Waals surface area contributed by atoms with Gasteiger partial charge in [-0.2, -0.15) is 5.10 Å². The molecule has 0 spiro atoms. The molecule has 4 rings (SSSR count). The molecule has 1 N–H and O–H groups in total. The fraction of sp³-hybridized carbons (Fsp3) is 0.409. The summed E-state index contributed by atoms with van der Waals surface area (Å²) in [6.45, 7) is 9.06. The topological polar surface area (TPSA) is 55.5 Å². The van der Waals surface area contributed by atoms with Crippen molar-refractivity contribution in [1.82, 2.24) is 20.0 Å². The molecule has 1 unspecified atom stereocenters. The van der Waals surface area contributed by atoms with Crippen molar-refractivity contribution in [2.75, 3.05) is 32.8 Å². The number of morpholine rings is 1. The lowest BCUT2D eigenvalue weighted by molar-refractivity contribution is 0.0115. The molecule has 1 aliphatic rings. The number of nitrogens with one attached hydrogen (secondary N) is 1. The Morgan fingerprint density at radius 1 is 1.07 bits per heavy atom. The van der Waals surface area contributed by atoms with Gasteiger partial charge in [-0.25, -0.2) is 4.68 Å². The molecule has 0 amide bonds. The van der Waals surface area contributed by atoms with E-state index in [1.807, 2.05) is 35.9 Å². The zero-order chi connectivity index (χ0) is 19.3. The summed E-state index contributed by atoms with van der Waals surface area (Å²) in [4.78, 5) is 2.44. The third-order valence-corrected chi connectivity index (χ3v) is 5.25. The second-order valence-corrected chi connectivity index (χ2v) is 7.26. The Balaban J connectivity index is 1.42. The number of rotatable bonds is 7. The molecule has 1 atom stereocenters. The molecule has 1 aliphatic heterocycles. The molecule has 1 saturated heterocycles. The Hall–Kier alpha value is -2.41. The van der Waals surface area contributed by atoms with Crippen LogP contribution in [0.3, 0.4) is 0 Å². The van der Waals surface area contributed by atoms with Crippen LogP contribution in [0.1, 0.15) is 28.8 Å². The van der Waals surface area contributed by atoms with Crippen molar-refractivity contribution in [3.8, 4) is 5.69 Å². The molecule has 2 aromatic heterocycles. The molecule has 0 bridgehead atoms. The second-order valence-electron chi connectivity index (χ2n) is 7.26. The molecule has 0 aliphatic carbocycles. The molecular formula is C22H28N4O2. The first-order valence-electron chi connectivity index (χ1n) is 9.90. The highest BCUT2D eigenvalue weighted by atomic mass is 16.5. The Bertz CT molecular complexity index is 881. The zero-order valence-electron chi connectivity index (χ0n) is 16.6. The van der Waals surface area contributed by atoms with Crippen molar-refractivity contribution < 1.29 is 9.15 Å². The highest BCUT2D eigenvalue weighted by Gasteiger charge is 2.25. The molecule has 28 heavy (non-hydrogen) atoms. The summed E-state index contributed by atoms with van der Waals surface area (Å²) in [7, 11) is 0. The van der Waals surface area contributed by atoms with E-state index in [2.05, 4.69) is 46.6 Å². The number of para-hydroxylation sites is 1. The molecule has 1 fully saturated rings. The fourth-order valence-electron chi connectivity index (χ4n) is 3.66. The minimum atomic E-state index is 0.210. The molecule has 6 heteroatoms. The van der Waals surface area contributed by atoms with E-state index in [1.165, 1.54) is 5.56 Å². The molecule has 0 saturated carbocycles. The van der Waals surface area contributed by atoms with Crippen LogP contribution in [0.4, 0.5) is 0 Å². The minimum Gasteiger partial charge on any atom is -0.465 e. The van der Waals surface area contributed by atoms with Gasteiger partial charge in [0.2, 0.25) is 0 Å². The fourth-order valence-corrected chi connectivity index (χ4v) is 3.66. The molecule has 0 radical (unpaired) electrons. The quantitative estimate of drug-likeness (QED) is 0.682. The zero-order valence-corrected chi connectivity index (χ0v) is 16.6. The Labute approximate surface area is 166 Å². The number of hydrogen-bond acceptors (Lipinski definition) is 5. The largest absolute Gasteiger partial charge is 0.465 e. The van der Waals surface area contributed by atoms with Gasteiger partial charge < -0.3 is 14.5 Å². The Morgan fingerprint density at radius 3 is 2.57 bits per heavy atom. The number of furan rings is 1. The van der Waals surface area contributed by atoms with Crippen LogP contribution in [-0.4, -0.2) is 47.5 Å². The average Bonchev–Trinajstić information content (AvgIpc) is 3.32. The molecule has 3 heterocycles. The second kappa shape index (κ2) is 8.73. The third-order valence-electron chi connectivity index (χ3n) is 5.25. The Morgan fingerprint density at radius 2 is 1.86 bits per heavy atom. The number of aryl methyl sites for hydroxylation is 2. The number of nitrogens with zero attached hydrogens (tertiary/aromatic N) is 3. The number of ether oxygens (including phenoxy) is 1. The van der Waals surface area contributed by atoms with Crippen LogP contribution >= 0.6 is 0 Å². The summed E-state index contributed by atoms with van der Waals surface area (Å²) >= 11 is 0. The maximum atomic E-state index is 5.95. The van der Waals surface area contributed by atoms with Crippen LogP contribution in [0.5, 0.6) is 0 Å². The van der Waals surface area contributed by atoms with E-state index in [-0.39, 0.29) is 6.04 Å². The first kappa shape index (κ1) is 18.9. The highest BCUT2D eigenvalue weighted by Crippen LogP contribution is 2.23. The van der Waals surface area contributed by atoms with Gasteiger partial charge in [-0.15, -0.1) is 0 Å². The summed E-state index contributed by atoms with van der Waals surface area (Å²) in [5, 5.41) is 8.28. The summed E-state index contributed by atoms with van der Waals surface area (Å²) in [6, 6.07) is 14.6. The van der Waals surface area contributed by atoms with Crippen molar-refractivity contribution in [3.63, 3.8) is 0 Å². The number of hydrogen-bond donors (Lipinski definition) is 1. The lowest BCUT2D eigenvalue weighted by Gasteiger charge is -2.33. The maximum Gasteiger partial charge on any atom is 0.122 e. The van der Waals surface area contributed by atoms with Crippen molar-refractivity contribution in [2.45, 2.75) is 26.4 Å². The van der Waals surface area contributed by atoms with Crippen molar-refractivity contribution >= 4 is 0 Å². The summed E-state index contributed by atoms with van der Waals surface area (Å²) in [5.41, 5.74) is 3.34. The van der Waals surface area contributed by atoms with Gasteiger partial charge in [0, 0.05) is 37.9 Å². The van der Waals surface area contributed by atoms with Gasteiger partial charge in [0.25, 0.3) is 0 Å². The molecule has 3 aromatic rings. The normalized spacial score (nSPS) is 16.4. The van der Waals surface area contributed by atoms with E-state index in [9.17, 15) is 0 Å². The third kappa shape index (κ3) is 4.35. The molecule has 6 nitrogen and oxygen atoms in total. The van der Waals surface area contributed by atoms with Gasteiger partial charge in [-0.1, -0.05) is 18.2 Å². The van der Waals surface area contributed by atoms with Gasteiger partial charge in [0.15, 0.2) is 0 Å². The van der Waals surface area contributed by atoms with Crippen LogP contribution in [-0.2, 0) is 11.3 Å². The van der Waals surface area contributed by atoms with Gasteiger partial charge >= 0.3 is 0 Å². The summed E-state index contributed by atoms with van der Waals surface area (Å²) < 4.78 is 13.4. The molecule has 1 aromatic carbocycles. The van der Waals surface area contributed by atoms with Gasteiger partial charge in [-0.3, -0.25) is 4.90 Å². The predicted molar refractivity (Wildman–Crippen MR) is 109 cm³/mol. The van der Waals surface area contributed by atoms with Crippen molar-refractivity contribution in [1.29, 1.82) is 0 Å². The maximum absolute atomic E-state index is 5.95. The predicted octanol–water partition coefficient (Wildman–Crippen LogP) is 3.25. The highest BCUT2D eigenvalue weighted by molar-refractivity contribution is 5.32. The van der Waals surface area contributed by atoms with E-state index in [0.29, 0.717) is 0 Å². The van der Waals surface area contributed by atoms with Crippen LogP contribution in [0.15, 0.2) is 53.1 Å². The van der Waals surface area contributed by atoms with Crippen molar-refractivity contribution in [3.05, 3.63) is 71.4 Å². The SMILES string of the molecule is Cc1ccc(C(CNCc2cn(-c3ccccc3)nc2C)N2CCOCC2)o1. The summed E-state index contributed by atoms with van der Waals surface area (Å²) in [5.74, 6) is 1.97. The number of benzene rings is 1. The van der Waals surface area contributed by atoms with Crippen LogP contribution in [0.2, 0.25) is 0 Å². The average molecular weight is 380 g/mol. The molecule has 148 valence electrons. The van der Waals surface area contributed by atoms with Gasteiger partial charge in [0.1, 0.15) is 11.5 Å². The van der Waals surface area contributed by atoms with E-state index < -0.39 is 0 Å². The first-order chi connectivity index (χ1) is 13.7. The Kier molecular flexibility index (Phi) is 5.90. The van der Waals surface area contributed by atoms with Crippen LogP contribution < -0.4 is 5.32 Å². The monoisotopic (exact) mass is 380 g/mol. The standard InChI is InChI=1S/C22H28N4O2/c1-17-8-9-22(28-17)21(25-10-12-27-13-11-25)15-23-14-19-16-26(24-18(19)2)20-6-4-3-5-7-20/h3-9,16,21,23H,10-15H2,1-2H3. The minimum absolute atomic E-state index is 0.210.